The van der Waals surface area contributed by atoms with E-state index < -0.39 is 0 Å². The number of hydrogen-bond acceptors (Lipinski definition) is 4. The number of aromatic nitrogens is 1. The van der Waals surface area contributed by atoms with Crippen molar-refractivity contribution in [1.82, 2.24) is 10.3 Å². The molecule has 112 valence electrons. The van der Waals surface area contributed by atoms with Gasteiger partial charge < -0.3 is 10.2 Å². The topological polar surface area (TPSA) is 52.0 Å². The van der Waals surface area contributed by atoms with Crippen LogP contribution in [0.3, 0.4) is 0 Å². The van der Waals surface area contributed by atoms with Crippen LogP contribution in [0, 0.1) is 17.2 Å². The molecule has 1 aromatic rings. The van der Waals surface area contributed by atoms with Crippen molar-refractivity contribution in [3.8, 4) is 6.07 Å². The van der Waals surface area contributed by atoms with Gasteiger partial charge in [0.25, 0.3) is 0 Å². The summed E-state index contributed by atoms with van der Waals surface area (Å²) in [5.74, 6) is 1.63. The smallest absolute Gasteiger partial charge is 0.146 e. The van der Waals surface area contributed by atoms with Crippen molar-refractivity contribution >= 4 is 5.82 Å². The van der Waals surface area contributed by atoms with Crippen LogP contribution in [0.2, 0.25) is 0 Å². The number of fused-ring (bicyclic) bond motifs is 1. The van der Waals surface area contributed by atoms with Crippen LogP contribution < -0.4 is 10.2 Å². The van der Waals surface area contributed by atoms with Crippen LogP contribution >= 0.6 is 0 Å². The molecule has 4 nitrogen and oxygen atoms in total. The van der Waals surface area contributed by atoms with Gasteiger partial charge in [0.15, 0.2) is 0 Å². The molecule has 2 heterocycles. The quantitative estimate of drug-likeness (QED) is 0.921. The van der Waals surface area contributed by atoms with E-state index in [-0.39, 0.29) is 0 Å². The molecule has 0 saturated carbocycles. The summed E-state index contributed by atoms with van der Waals surface area (Å²) in [5.41, 5.74) is 3.26. The standard InChI is InChI=1S/C17H24N4/c1-2-21(12-13-6-8-19-9-7-13)17-15(11-18)10-14-4-3-5-16(14)20-17/h10,13,19H,2-9,12H2,1H3. The van der Waals surface area contributed by atoms with E-state index in [2.05, 4.69) is 29.3 Å². The molecule has 1 aliphatic carbocycles. The first-order valence-electron chi connectivity index (χ1n) is 8.20. The van der Waals surface area contributed by atoms with Crippen LogP contribution in [-0.2, 0) is 12.8 Å². The van der Waals surface area contributed by atoms with Gasteiger partial charge in [-0.15, -0.1) is 0 Å². The number of hydrogen-bond donors (Lipinski definition) is 1. The summed E-state index contributed by atoms with van der Waals surface area (Å²) in [6.45, 7) is 6.34. The van der Waals surface area contributed by atoms with E-state index in [1.807, 2.05) is 0 Å². The number of pyridine rings is 1. The van der Waals surface area contributed by atoms with E-state index in [4.69, 9.17) is 4.98 Å². The molecule has 2 aliphatic rings. The molecule has 0 spiro atoms. The van der Waals surface area contributed by atoms with Crippen LogP contribution in [0.1, 0.15) is 43.0 Å². The maximum Gasteiger partial charge on any atom is 0.146 e. The molecule has 0 unspecified atom stereocenters. The second-order valence-electron chi connectivity index (χ2n) is 6.16. The van der Waals surface area contributed by atoms with Crippen molar-refractivity contribution in [3.63, 3.8) is 0 Å². The lowest BCUT2D eigenvalue weighted by molar-refractivity contribution is 0.374. The Morgan fingerprint density at radius 1 is 1.38 bits per heavy atom. The van der Waals surface area contributed by atoms with Crippen LogP contribution in [0.4, 0.5) is 5.82 Å². The van der Waals surface area contributed by atoms with Gasteiger partial charge in [0.1, 0.15) is 11.9 Å². The predicted molar refractivity (Wildman–Crippen MR) is 84.5 cm³/mol. The van der Waals surface area contributed by atoms with Crippen molar-refractivity contribution < 1.29 is 0 Å². The summed E-state index contributed by atoms with van der Waals surface area (Å²) in [5, 5.41) is 12.9. The van der Waals surface area contributed by atoms with Crippen LogP contribution in [0.15, 0.2) is 6.07 Å². The Hall–Kier alpha value is -1.60. The van der Waals surface area contributed by atoms with Crippen molar-refractivity contribution in [2.75, 3.05) is 31.1 Å². The number of nitrogens with zero attached hydrogens (tertiary/aromatic N) is 3. The van der Waals surface area contributed by atoms with Gasteiger partial charge in [-0.3, -0.25) is 0 Å². The van der Waals surface area contributed by atoms with Crippen LogP contribution in [0.5, 0.6) is 0 Å². The molecule has 21 heavy (non-hydrogen) atoms. The highest BCUT2D eigenvalue weighted by Gasteiger charge is 2.22. The fraction of sp³-hybridized carbons (Fsp3) is 0.647. The lowest BCUT2D eigenvalue weighted by Crippen LogP contribution is -2.37. The number of nitriles is 1. The Bertz CT molecular complexity index is 540. The zero-order valence-electron chi connectivity index (χ0n) is 12.9. The van der Waals surface area contributed by atoms with Crippen LogP contribution in [0.25, 0.3) is 0 Å². The first kappa shape index (κ1) is 14.3. The fourth-order valence-electron chi connectivity index (χ4n) is 3.53. The third kappa shape index (κ3) is 3.03. The summed E-state index contributed by atoms with van der Waals surface area (Å²) in [6, 6.07) is 4.44. The van der Waals surface area contributed by atoms with Crippen molar-refractivity contribution in [1.29, 1.82) is 5.26 Å². The van der Waals surface area contributed by atoms with Gasteiger partial charge in [-0.05, 0) is 69.7 Å². The first-order valence-corrected chi connectivity index (χ1v) is 8.20. The lowest BCUT2D eigenvalue weighted by atomic mass is 9.97. The lowest BCUT2D eigenvalue weighted by Gasteiger charge is -2.30. The van der Waals surface area contributed by atoms with Gasteiger partial charge in [0.2, 0.25) is 0 Å². The molecule has 1 fully saturated rings. The minimum absolute atomic E-state index is 0.716. The predicted octanol–water partition coefficient (Wildman–Crippen LogP) is 2.27. The molecule has 0 atom stereocenters. The monoisotopic (exact) mass is 284 g/mol. The van der Waals surface area contributed by atoms with Crippen molar-refractivity contribution in [2.45, 2.75) is 39.0 Å². The Labute approximate surface area is 127 Å². The van der Waals surface area contributed by atoms with E-state index in [0.29, 0.717) is 5.92 Å². The van der Waals surface area contributed by atoms with E-state index in [9.17, 15) is 5.26 Å². The summed E-state index contributed by atoms with van der Waals surface area (Å²) < 4.78 is 0. The number of piperidine rings is 1. The highest BCUT2D eigenvalue weighted by Crippen LogP contribution is 2.28. The Balaban J connectivity index is 1.84. The second kappa shape index (κ2) is 6.44. The zero-order chi connectivity index (χ0) is 14.7. The molecular formula is C17H24N4. The highest BCUT2D eigenvalue weighted by molar-refractivity contribution is 5.56. The third-order valence-corrected chi connectivity index (χ3v) is 4.77. The van der Waals surface area contributed by atoms with Crippen LogP contribution in [-0.4, -0.2) is 31.2 Å². The van der Waals surface area contributed by atoms with Gasteiger partial charge in [-0.1, -0.05) is 0 Å². The molecule has 1 aliphatic heterocycles. The summed E-state index contributed by atoms with van der Waals surface area (Å²) in [7, 11) is 0. The summed E-state index contributed by atoms with van der Waals surface area (Å²) in [4.78, 5) is 7.16. The molecule has 0 bridgehead atoms. The molecule has 0 amide bonds. The summed E-state index contributed by atoms with van der Waals surface area (Å²) >= 11 is 0. The maximum atomic E-state index is 9.47. The largest absolute Gasteiger partial charge is 0.356 e. The van der Waals surface area contributed by atoms with Gasteiger partial charge in [-0.2, -0.15) is 5.26 Å². The third-order valence-electron chi connectivity index (χ3n) is 4.77. The maximum absolute atomic E-state index is 9.47. The van der Waals surface area contributed by atoms with Gasteiger partial charge in [0.05, 0.1) is 5.56 Å². The van der Waals surface area contributed by atoms with E-state index in [0.717, 1.165) is 50.4 Å². The number of rotatable bonds is 4. The van der Waals surface area contributed by atoms with E-state index in [1.165, 1.54) is 30.5 Å². The number of anilines is 1. The number of aryl methyl sites for hydroxylation is 2. The SMILES string of the molecule is CCN(CC1CCNCC1)c1nc2c(cc1C#N)CCC2. The minimum atomic E-state index is 0.716. The summed E-state index contributed by atoms with van der Waals surface area (Å²) in [6.07, 6.45) is 5.78. The molecule has 4 heteroatoms. The first-order chi connectivity index (χ1) is 10.3. The highest BCUT2D eigenvalue weighted by atomic mass is 15.2. The van der Waals surface area contributed by atoms with E-state index in [1.54, 1.807) is 0 Å². The molecule has 1 aromatic heterocycles. The fourth-order valence-corrected chi connectivity index (χ4v) is 3.53. The molecule has 1 saturated heterocycles. The van der Waals surface area contributed by atoms with Gasteiger partial charge >= 0.3 is 0 Å². The molecule has 3 rings (SSSR count). The Morgan fingerprint density at radius 2 is 2.19 bits per heavy atom. The Kier molecular flexibility index (Phi) is 4.40. The Morgan fingerprint density at radius 3 is 2.90 bits per heavy atom. The average molecular weight is 284 g/mol. The molecule has 0 radical (unpaired) electrons. The molecular weight excluding hydrogens is 260 g/mol. The van der Waals surface area contributed by atoms with Crippen molar-refractivity contribution in [3.05, 3.63) is 22.9 Å². The van der Waals surface area contributed by atoms with Gasteiger partial charge in [0, 0.05) is 18.8 Å². The van der Waals surface area contributed by atoms with Crippen molar-refractivity contribution in [2.24, 2.45) is 5.92 Å². The number of nitrogens with one attached hydrogen (secondary N) is 1. The average Bonchev–Trinajstić information content (AvgIpc) is 2.99. The zero-order valence-corrected chi connectivity index (χ0v) is 12.9. The second-order valence-corrected chi connectivity index (χ2v) is 6.16. The molecule has 0 aromatic carbocycles. The normalized spacial score (nSPS) is 18.3. The van der Waals surface area contributed by atoms with Gasteiger partial charge in [-0.25, -0.2) is 4.98 Å². The molecule has 1 N–H and O–H groups in total. The minimum Gasteiger partial charge on any atom is -0.356 e. The van der Waals surface area contributed by atoms with E-state index >= 15 is 0 Å².